The zero-order valence-corrected chi connectivity index (χ0v) is 30.8. The van der Waals surface area contributed by atoms with E-state index in [9.17, 15) is 0 Å². The first kappa shape index (κ1) is 31.7. The van der Waals surface area contributed by atoms with E-state index in [4.69, 9.17) is 8.83 Å². The zero-order valence-electron chi connectivity index (χ0n) is 30.8. The van der Waals surface area contributed by atoms with Gasteiger partial charge in [0.15, 0.2) is 0 Å². The minimum atomic E-state index is 0.865. The van der Waals surface area contributed by atoms with Crippen LogP contribution < -0.4 is 4.90 Å². The second kappa shape index (κ2) is 12.5. The first-order valence-corrected chi connectivity index (χ1v) is 19.4. The van der Waals surface area contributed by atoms with Gasteiger partial charge in [-0.25, -0.2) is 0 Å². The van der Waals surface area contributed by atoms with Gasteiger partial charge in [0.2, 0.25) is 0 Å². The van der Waals surface area contributed by atoms with Crippen molar-refractivity contribution in [1.82, 2.24) is 0 Å². The lowest BCUT2D eigenvalue weighted by Gasteiger charge is -2.26. The van der Waals surface area contributed by atoms with Gasteiger partial charge in [0.1, 0.15) is 22.3 Å². The number of rotatable bonds is 5. The van der Waals surface area contributed by atoms with Crippen LogP contribution in [0.2, 0.25) is 0 Å². The average molecular weight is 728 g/mol. The molecule has 0 bridgehead atoms. The number of hydrogen-bond donors (Lipinski definition) is 0. The number of benzene rings is 10. The molecule has 0 radical (unpaired) electrons. The highest BCUT2D eigenvalue weighted by Gasteiger charge is 2.18. The van der Waals surface area contributed by atoms with E-state index < -0.39 is 0 Å². The van der Waals surface area contributed by atoms with Crippen molar-refractivity contribution in [3.8, 4) is 22.3 Å². The standard InChI is InChI=1S/C54H33NO2/c1-2-9-38-31-39(14-13-34(38)7-1)35-15-22-42(23-16-35)55(44-26-28-48-52(33-44)57-51-29-20-37-8-3-4-10-45(37)53(48)51)43-24-17-36(18-25-43)40-19-27-46-41(32-40)21-30-50-54(46)47-11-5-6-12-49(47)56-50/h1-33H. The fourth-order valence-corrected chi connectivity index (χ4v) is 8.83. The predicted molar refractivity (Wildman–Crippen MR) is 239 cm³/mol. The van der Waals surface area contributed by atoms with E-state index in [1.165, 1.54) is 54.4 Å². The lowest BCUT2D eigenvalue weighted by atomic mass is 9.98. The summed E-state index contributed by atoms with van der Waals surface area (Å²) >= 11 is 0. The third-order valence-electron chi connectivity index (χ3n) is 11.6. The smallest absolute Gasteiger partial charge is 0.137 e. The Labute approximate surface area is 328 Å². The van der Waals surface area contributed by atoms with Gasteiger partial charge < -0.3 is 13.7 Å². The van der Waals surface area contributed by atoms with Gasteiger partial charge >= 0.3 is 0 Å². The molecule has 2 aromatic heterocycles. The van der Waals surface area contributed by atoms with Gasteiger partial charge in [-0.1, -0.05) is 127 Å². The second-order valence-corrected chi connectivity index (χ2v) is 14.9. The maximum absolute atomic E-state index is 6.56. The number of hydrogen-bond acceptors (Lipinski definition) is 3. The number of anilines is 3. The molecule has 12 aromatic rings. The molecule has 0 amide bonds. The first-order valence-electron chi connectivity index (χ1n) is 19.4. The fraction of sp³-hybridized carbons (Fsp3) is 0. The Bertz CT molecular complexity index is 3520. The number of para-hydroxylation sites is 1. The van der Waals surface area contributed by atoms with Gasteiger partial charge in [-0.05, 0) is 121 Å². The highest BCUT2D eigenvalue weighted by atomic mass is 16.3. The zero-order chi connectivity index (χ0) is 37.5. The van der Waals surface area contributed by atoms with Gasteiger partial charge in [0.05, 0.1) is 0 Å². The lowest BCUT2D eigenvalue weighted by molar-refractivity contribution is 0.669. The molecule has 266 valence electrons. The van der Waals surface area contributed by atoms with E-state index in [-0.39, 0.29) is 0 Å². The molecule has 0 saturated heterocycles. The normalized spacial score (nSPS) is 11.9. The van der Waals surface area contributed by atoms with Crippen LogP contribution in [0.15, 0.2) is 209 Å². The van der Waals surface area contributed by atoms with Crippen LogP contribution in [0.3, 0.4) is 0 Å². The summed E-state index contributed by atoms with van der Waals surface area (Å²) in [5.41, 5.74) is 11.5. The van der Waals surface area contributed by atoms with Gasteiger partial charge in [-0.15, -0.1) is 0 Å². The minimum absolute atomic E-state index is 0.865. The van der Waals surface area contributed by atoms with E-state index in [1.807, 2.05) is 12.1 Å². The average Bonchev–Trinajstić information content (AvgIpc) is 3.85. The van der Waals surface area contributed by atoms with Crippen LogP contribution in [-0.4, -0.2) is 0 Å². The molecule has 0 aliphatic rings. The van der Waals surface area contributed by atoms with Crippen molar-refractivity contribution in [2.45, 2.75) is 0 Å². The van der Waals surface area contributed by atoms with Crippen molar-refractivity contribution in [1.29, 1.82) is 0 Å². The van der Waals surface area contributed by atoms with Crippen LogP contribution in [0.1, 0.15) is 0 Å². The number of furan rings is 2. The van der Waals surface area contributed by atoms with Crippen molar-refractivity contribution < 1.29 is 8.83 Å². The molecule has 0 unspecified atom stereocenters. The first-order chi connectivity index (χ1) is 28.2. The van der Waals surface area contributed by atoms with Crippen molar-refractivity contribution in [2.24, 2.45) is 0 Å². The molecule has 3 heteroatoms. The molecule has 0 saturated carbocycles. The summed E-state index contributed by atoms with van der Waals surface area (Å²) in [5, 5.41) is 11.9. The molecule has 0 atom stereocenters. The topological polar surface area (TPSA) is 29.5 Å². The Kier molecular flexibility index (Phi) is 6.93. The van der Waals surface area contributed by atoms with Crippen molar-refractivity contribution in [3.63, 3.8) is 0 Å². The molecule has 0 aliphatic carbocycles. The third kappa shape index (κ3) is 5.13. The van der Waals surface area contributed by atoms with Crippen LogP contribution in [-0.2, 0) is 0 Å². The molecule has 2 heterocycles. The number of fused-ring (bicyclic) bond motifs is 11. The summed E-state index contributed by atoms with van der Waals surface area (Å²) in [5.74, 6) is 0. The molecule has 0 spiro atoms. The fourth-order valence-electron chi connectivity index (χ4n) is 8.83. The van der Waals surface area contributed by atoms with Crippen LogP contribution >= 0.6 is 0 Å². The minimum Gasteiger partial charge on any atom is -0.456 e. The summed E-state index contributed by atoms with van der Waals surface area (Å²) in [7, 11) is 0. The van der Waals surface area contributed by atoms with Crippen molar-refractivity contribution >= 4 is 93.3 Å². The maximum Gasteiger partial charge on any atom is 0.137 e. The van der Waals surface area contributed by atoms with Gasteiger partial charge in [-0.2, -0.15) is 0 Å². The van der Waals surface area contributed by atoms with Gasteiger partial charge in [0, 0.05) is 44.7 Å². The molecular weight excluding hydrogens is 695 g/mol. The molecule has 10 aromatic carbocycles. The van der Waals surface area contributed by atoms with Crippen LogP contribution in [0.5, 0.6) is 0 Å². The molecule has 0 aliphatic heterocycles. The van der Waals surface area contributed by atoms with Gasteiger partial charge in [0.25, 0.3) is 0 Å². The Morgan fingerprint density at radius 2 is 0.737 bits per heavy atom. The predicted octanol–water partition coefficient (Wildman–Crippen LogP) is 15.7. The maximum atomic E-state index is 6.56. The highest BCUT2D eigenvalue weighted by Crippen LogP contribution is 2.42. The van der Waals surface area contributed by atoms with Gasteiger partial charge in [-0.3, -0.25) is 0 Å². The Morgan fingerprint density at radius 3 is 1.47 bits per heavy atom. The van der Waals surface area contributed by atoms with E-state index >= 15 is 0 Å². The molecule has 0 fully saturated rings. The van der Waals surface area contributed by atoms with Crippen LogP contribution in [0, 0.1) is 0 Å². The molecule has 57 heavy (non-hydrogen) atoms. The van der Waals surface area contributed by atoms with E-state index in [0.29, 0.717) is 0 Å². The Morgan fingerprint density at radius 1 is 0.263 bits per heavy atom. The quantitative estimate of drug-likeness (QED) is 0.177. The Balaban J connectivity index is 0.959. The summed E-state index contributed by atoms with van der Waals surface area (Å²) in [6, 6.07) is 71.6. The van der Waals surface area contributed by atoms with E-state index in [2.05, 4.69) is 193 Å². The summed E-state index contributed by atoms with van der Waals surface area (Å²) < 4.78 is 12.7. The second-order valence-electron chi connectivity index (χ2n) is 14.9. The van der Waals surface area contributed by atoms with E-state index in [0.717, 1.165) is 61.1 Å². The highest BCUT2D eigenvalue weighted by molar-refractivity contribution is 6.20. The van der Waals surface area contributed by atoms with Crippen molar-refractivity contribution in [2.75, 3.05) is 4.90 Å². The third-order valence-corrected chi connectivity index (χ3v) is 11.6. The monoisotopic (exact) mass is 727 g/mol. The SMILES string of the molecule is c1ccc2cc(-c3ccc(N(c4ccc(-c5ccc6c(ccc7oc8ccccc8c76)c5)cc4)c4ccc5c(c4)oc4ccc6ccccc6c45)cc3)ccc2c1. The Hall–Kier alpha value is -7.62. The largest absolute Gasteiger partial charge is 0.456 e. The summed E-state index contributed by atoms with van der Waals surface area (Å²) in [6.45, 7) is 0. The number of nitrogens with zero attached hydrogens (tertiary/aromatic N) is 1. The lowest BCUT2D eigenvalue weighted by Crippen LogP contribution is -2.09. The van der Waals surface area contributed by atoms with Crippen LogP contribution in [0.4, 0.5) is 17.1 Å². The van der Waals surface area contributed by atoms with E-state index in [1.54, 1.807) is 0 Å². The molecular formula is C54H33NO2. The van der Waals surface area contributed by atoms with Crippen molar-refractivity contribution in [3.05, 3.63) is 200 Å². The molecule has 12 rings (SSSR count). The molecule has 3 nitrogen and oxygen atoms in total. The summed E-state index contributed by atoms with van der Waals surface area (Å²) in [6.07, 6.45) is 0. The summed E-state index contributed by atoms with van der Waals surface area (Å²) in [4.78, 5) is 2.32. The molecule has 0 N–H and O–H groups in total. The van der Waals surface area contributed by atoms with Crippen LogP contribution in [0.25, 0.3) is 98.4 Å².